The van der Waals surface area contributed by atoms with Gasteiger partial charge in [-0.05, 0) is 85.9 Å². The lowest BCUT2D eigenvalue weighted by molar-refractivity contribution is -0.133. The maximum atomic E-state index is 13.2. The molecule has 2 amide bonds. The van der Waals surface area contributed by atoms with Gasteiger partial charge in [0.2, 0.25) is 5.91 Å². The number of nitrogens with zero attached hydrogens (tertiary/aromatic N) is 2. The lowest BCUT2D eigenvalue weighted by atomic mass is 9.92. The molecule has 0 aromatic heterocycles. The van der Waals surface area contributed by atoms with Crippen LogP contribution in [-0.2, 0) is 16.0 Å². The van der Waals surface area contributed by atoms with E-state index in [1.165, 1.54) is 0 Å². The molecule has 3 aliphatic heterocycles. The predicted octanol–water partition coefficient (Wildman–Crippen LogP) is 4.97. The van der Waals surface area contributed by atoms with Crippen LogP contribution >= 0.6 is 23.2 Å². The van der Waals surface area contributed by atoms with Crippen molar-refractivity contribution in [3.63, 3.8) is 0 Å². The van der Waals surface area contributed by atoms with Crippen LogP contribution in [0.3, 0.4) is 0 Å². The van der Waals surface area contributed by atoms with Crippen LogP contribution in [0, 0.1) is 5.92 Å². The summed E-state index contributed by atoms with van der Waals surface area (Å²) < 4.78 is 5.61. The van der Waals surface area contributed by atoms with Crippen molar-refractivity contribution < 1.29 is 19.4 Å². The van der Waals surface area contributed by atoms with Crippen LogP contribution in [0.1, 0.15) is 54.4 Å². The number of morpholine rings is 1. The van der Waals surface area contributed by atoms with Gasteiger partial charge in [0.1, 0.15) is 0 Å². The number of amides is 2. The number of carbonyl (C=O) groups excluding carboxylic acids is 2. The lowest BCUT2D eigenvalue weighted by Gasteiger charge is -2.33. The Kier molecular flexibility index (Phi) is 6.95. The van der Waals surface area contributed by atoms with Crippen molar-refractivity contribution in [2.45, 2.75) is 69.2 Å². The van der Waals surface area contributed by atoms with E-state index in [2.05, 4.69) is 0 Å². The van der Waals surface area contributed by atoms with Gasteiger partial charge in [-0.1, -0.05) is 35.3 Å². The van der Waals surface area contributed by atoms with E-state index < -0.39 is 0 Å². The van der Waals surface area contributed by atoms with Gasteiger partial charge in [0.15, 0.2) is 0 Å². The number of hydrogen-bond donors (Lipinski definition) is 1. The van der Waals surface area contributed by atoms with Gasteiger partial charge in [0.25, 0.3) is 5.91 Å². The Morgan fingerprint density at radius 2 is 1.68 bits per heavy atom. The molecule has 4 fully saturated rings. The zero-order chi connectivity index (χ0) is 25.7. The molecule has 1 N–H and O–H groups in total. The van der Waals surface area contributed by atoms with Gasteiger partial charge in [-0.25, -0.2) is 0 Å². The number of carbonyl (C=O) groups is 2. The van der Waals surface area contributed by atoms with Crippen LogP contribution in [0.25, 0.3) is 11.1 Å². The summed E-state index contributed by atoms with van der Waals surface area (Å²) in [6.45, 7) is 2.06. The van der Waals surface area contributed by atoms with Gasteiger partial charge in [-0.2, -0.15) is 0 Å². The van der Waals surface area contributed by atoms with Gasteiger partial charge in [-0.15, -0.1) is 0 Å². The Balaban J connectivity index is 1.13. The second kappa shape index (κ2) is 10.2. The standard InChI is InChI=1S/C29H32Cl2N2O4/c30-26-12-20(17-1-3-18(4-2-17)28(35)33-15-24-14-22(33)16-37-24)13-27(31)25(26)11-19-9-10-32(29(19)36)21-5-7-23(34)8-6-21/h1-4,12-13,19,21-24,34H,5-11,14-16H2/t19-,21-,22?,23+,24?/m0/s1. The third-order valence-corrected chi connectivity index (χ3v) is 9.35. The second-order valence-corrected chi connectivity index (χ2v) is 11.8. The molecule has 3 atom stereocenters. The topological polar surface area (TPSA) is 70.1 Å². The van der Waals surface area contributed by atoms with E-state index >= 15 is 0 Å². The largest absolute Gasteiger partial charge is 0.393 e. The third-order valence-electron chi connectivity index (χ3n) is 8.68. The van der Waals surface area contributed by atoms with E-state index in [1.54, 1.807) is 0 Å². The number of likely N-dealkylation sites (tertiary alicyclic amines) is 2. The van der Waals surface area contributed by atoms with E-state index in [0.29, 0.717) is 35.2 Å². The molecule has 196 valence electrons. The summed E-state index contributed by atoms with van der Waals surface area (Å²) in [7, 11) is 0. The number of rotatable bonds is 5. The van der Waals surface area contributed by atoms with Crippen LogP contribution < -0.4 is 0 Å². The molecule has 3 heterocycles. The second-order valence-electron chi connectivity index (χ2n) is 11.0. The van der Waals surface area contributed by atoms with Gasteiger partial charge in [0, 0.05) is 40.7 Å². The summed E-state index contributed by atoms with van der Waals surface area (Å²) in [4.78, 5) is 30.1. The first kappa shape index (κ1) is 25.2. The van der Waals surface area contributed by atoms with Crippen molar-refractivity contribution in [1.29, 1.82) is 0 Å². The fourth-order valence-corrected chi connectivity index (χ4v) is 7.16. The number of fused-ring (bicyclic) bond motifs is 2. The van der Waals surface area contributed by atoms with Crippen molar-refractivity contribution in [3.8, 4) is 11.1 Å². The maximum Gasteiger partial charge on any atom is 0.254 e. The molecular weight excluding hydrogens is 511 g/mol. The highest BCUT2D eigenvalue weighted by Crippen LogP contribution is 2.37. The van der Waals surface area contributed by atoms with E-state index in [0.717, 1.165) is 61.8 Å². The summed E-state index contributed by atoms with van der Waals surface area (Å²) in [6.07, 6.45) is 5.48. The molecule has 0 spiro atoms. The smallest absolute Gasteiger partial charge is 0.254 e. The summed E-state index contributed by atoms with van der Waals surface area (Å²) in [5.74, 6) is 0.105. The van der Waals surface area contributed by atoms with E-state index in [9.17, 15) is 14.7 Å². The van der Waals surface area contributed by atoms with Crippen LogP contribution in [0.4, 0.5) is 0 Å². The highest BCUT2D eigenvalue weighted by atomic mass is 35.5. The average molecular weight is 543 g/mol. The minimum Gasteiger partial charge on any atom is -0.393 e. The number of ether oxygens (including phenoxy) is 1. The number of halogens is 2. The van der Waals surface area contributed by atoms with E-state index in [4.69, 9.17) is 27.9 Å². The van der Waals surface area contributed by atoms with Gasteiger partial charge < -0.3 is 19.6 Å². The molecule has 2 unspecified atom stereocenters. The normalized spacial score (nSPS) is 29.4. The quantitative estimate of drug-likeness (QED) is 0.579. The first-order chi connectivity index (χ1) is 17.9. The van der Waals surface area contributed by atoms with Crippen molar-refractivity contribution in [2.24, 2.45) is 5.92 Å². The summed E-state index contributed by atoms with van der Waals surface area (Å²) in [5, 5.41) is 10.9. The Hall–Kier alpha value is -2.12. The lowest BCUT2D eigenvalue weighted by Crippen LogP contribution is -2.41. The van der Waals surface area contributed by atoms with Crippen molar-refractivity contribution in [3.05, 3.63) is 57.6 Å². The molecule has 6 rings (SSSR count). The minimum absolute atomic E-state index is 0.0495. The molecule has 1 saturated carbocycles. The Bertz CT molecular complexity index is 1170. The average Bonchev–Trinajstić information content (AvgIpc) is 3.63. The molecule has 3 saturated heterocycles. The van der Waals surface area contributed by atoms with E-state index in [1.807, 2.05) is 46.2 Å². The first-order valence-corrected chi connectivity index (χ1v) is 14.1. The zero-order valence-electron chi connectivity index (χ0n) is 20.7. The summed E-state index contributed by atoms with van der Waals surface area (Å²) in [6, 6.07) is 11.8. The fraction of sp³-hybridized carbons (Fsp3) is 0.517. The number of benzene rings is 2. The zero-order valence-corrected chi connectivity index (χ0v) is 22.3. The minimum atomic E-state index is -0.229. The molecular formula is C29H32Cl2N2O4. The molecule has 2 aromatic rings. The SMILES string of the molecule is O=C(c1ccc(-c2cc(Cl)c(C[C@@H]3CCN([C@H]4CC[C@@H](O)CC4)C3=O)c(Cl)c2)cc1)N1CC2CC1CO2. The third kappa shape index (κ3) is 4.89. The van der Waals surface area contributed by atoms with E-state index in [-0.39, 0.29) is 42.0 Å². The van der Waals surface area contributed by atoms with Crippen molar-refractivity contribution in [2.75, 3.05) is 19.7 Å². The van der Waals surface area contributed by atoms with Crippen LogP contribution in [0.15, 0.2) is 36.4 Å². The highest BCUT2D eigenvalue weighted by Gasteiger charge is 2.41. The van der Waals surface area contributed by atoms with Crippen LogP contribution in [0.2, 0.25) is 10.0 Å². The van der Waals surface area contributed by atoms with Crippen molar-refractivity contribution >= 4 is 35.0 Å². The number of aliphatic hydroxyl groups is 1. The first-order valence-electron chi connectivity index (χ1n) is 13.4. The molecule has 0 radical (unpaired) electrons. The summed E-state index contributed by atoms with van der Waals surface area (Å²) >= 11 is 13.4. The molecule has 37 heavy (non-hydrogen) atoms. The molecule has 6 nitrogen and oxygen atoms in total. The molecule has 4 aliphatic rings. The van der Waals surface area contributed by atoms with Crippen molar-refractivity contribution in [1.82, 2.24) is 9.80 Å². The molecule has 2 aromatic carbocycles. The molecule has 2 bridgehead atoms. The molecule has 8 heteroatoms. The Morgan fingerprint density at radius 3 is 2.30 bits per heavy atom. The number of aliphatic hydroxyl groups excluding tert-OH is 1. The predicted molar refractivity (Wildman–Crippen MR) is 143 cm³/mol. The fourth-order valence-electron chi connectivity index (χ4n) is 6.52. The monoisotopic (exact) mass is 542 g/mol. The Morgan fingerprint density at radius 1 is 0.973 bits per heavy atom. The van der Waals surface area contributed by atoms with Crippen LogP contribution in [-0.4, -0.2) is 70.7 Å². The maximum absolute atomic E-state index is 13.2. The van der Waals surface area contributed by atoms with Gasteiger partial charge >= 0.3 is 0 Å². The van der Waals surface area contributed by atoms with Gasteiger partial charge in [-0.3, -0.25) is 9.59 Å². The summed E-state index contributed by atoms with van der Waals surface area (Å²) in [5.41, 5.74) is 3.29. The van der Waals surface area contributed by atoms with Gasteiger partial charge in [0.05, 0.1) is 24.9 Å². The number of hydrogen-bond acceptors (Lipinski definition) is 4. The van der Waals surface area contributed by atoms with Crippen LogP contribution in [0.5, 0.6) is 0 Å². The Labute approximate surface area is 227 Å². The molecule has 1 aliphatic carbocycles. The highest BCUT2D eigenvalue weighted by molar-refractivity contribution is 6.36.